The first kappa shape index (κ1) is 18.7. The summed E-state index contributed by atoms with van der Waals surface area (Å²) in [7, 11) is 0. The van der Waals surface area contributed by atoms with E-state index >= 15 is 0 Å². The highest BCUT2D eigenvalue weighted by Gasteiger charge is 2.09. The number of carbonyl (C=O) groups is 1. The number of rotatable bonds is 10. The molecule has 0 radical (unpaired) electrons. The van der Waals surface area contributed by atoms with E-state index in [0.717, 1.165) is 31.4 Å². The van der Waals surface area contributed by atoms with Crippen LogP contribution in [0.25, 0.3) is 0 Å². The number of aromatic nitrogens is 2. The number of nitrogens with one attached hydrogen (secondary N) is 2. The molecule has 0 aliphatic rings. The maximum Gasteiger partial charge on any atom is 0.251 e. The lowest BCUT2D eigenvalue weighted by Crippen LogP contribution is -2.33. The summed E-state index contributed by atoms with van der Waals surface area (Å²) < 4.78 is 0. The Morgan fingerprint density at radius 1 is 1.36 bits per heavy atom. The Balaban J connectivity index is 2.42. The van der Waals surface area contributed by atoms with Gasteiger partial charge in [0.05, 0.1) is 5.75 Å². The van der Waals surface area contributed by atoms with Crippen LogP contribution in [0, 0.1) is 0 Å². The average molecular weight is 325 g/mol. The van der Waals surface area contributed by atoms with Crippen molar-refractivity contribution in [3.05, 3.63) is 22.1 Å². The Kier molecular flexibility index (Phi) is 8.89. The summed E-state index contributed by atoms with van der Waals surface area (Å²) in [6.07, 6.45) is 6.24. The number of nitrogens with zero attached hydrogens (tertiary/aromatic N) is 1. The van der Waals surface area contributed by atoms with Gasteiger partial charge in [-0.15, -0.1) is 0 Å². The second-order valence-electron chi connectivity index (χ2n) is 5.54. The molecule has 6 heteroatoms. The maximum atomic E-state index is 11.9. The van der Waals surface area contributed by atoms with E-state index in [1.54, 1.807) is 0 Å². The quantitative estimate of drug-likeness (QED) is 0.394. The summed E-state index contributed by atoms with van der Waals surface area (Å²) in [6, 6.07) is 1.71. The number of hydrogen-bond acceptors (Lipinski definition) is 4. The Bertz CT molecular complexity index is 516. The first-order valence-electron chi connectivity index (χ1n) is 8.07. The van der Waals surface area contributed by atoms with Gasteiger partial charge in [-0.3, -0.25) is 9.59 Å². The van der Waals surface area contributed by atoms with Crippen molar-refractivity contribution in [3.8, 4) is 0 Å². The molecule has 1 amide bonds. The number of carbonyl (C=O) groups excluding carboxylic acids is 1. The van der Waals surface area contributed by atoms with Gasteiger partial charge in [0.1, 0.15) is 0 Å². The molecule has 1 atom stereocenters. The average Bonchev–Trinajstić information content (AvgIpc) is 2.45. The SMILES string of the molecule is CCCCC[C@@H](C)NC(=O)CSc1nc(CCC)cc(=O)[nH]1. The fourth-order valence-electron chi connectivity index (χ4n) is 2.16. The molecule has 0 spiro atoms. The smallest absolute Gasteiger partial charge is 0.251 e. The summed E-state index contributed by atoms with van der Waals surface area (Å²) >= 11 is 1.27. The summed E-state index contributed by atoms with van der Waals surface area (Å²) in [4.78, 5) is 30.5. The predicted molar refractivity (Wildman–Crippen MR) is 91.3 cm³/mol. The van der Waals surface area contributed by atoms with E-state index in [1.165, 1.54) is 30.7 Å². The second-order valence-corrected chi connectivity index (χ2v) is 6.51. The van der Waals surface area contributed by atoms with E-state index in [4.69, 9.17) is 0 Å². The summed E-state index contributed by atoms with van der Waals surface area (Å²) in [5.74, 6) is 0.258. The molecule has 0 fully saturated rings. The number of H-pyrrole nitrogens is 1. The molecule has 1 aromatic heterocycles. The molecule has 1 heterocycles. The minimum absolute atomic E-state index is 0.0162. The minimum Gasteiger partial charge on any atom is -0.353 e. The van der Waals surface area contributed by atoms with E-state index in [0.29, 0.717) is 5.16 Å². The second kappa shape index (κ2) is 10.4. The number of unbranched alkanes of at least 4 members (excludes halogenated alkanes) is 2. The van der Waals surface area contributed by atoms with Crippen LogP contribution in [0.1, 0.15) is 58.6 Å². The third-order valence-corrected chi connectivity index (χ3v) is 4.14. The molecule has 0 aromatic carbocycles. The molecule has 0 saturated heterocycles. The van der Waals surface area contributed by atoms with E-state index in [1.807, 2.05) is 13.8 Å². The number of thioether (sulfide) groups is 1. The van der Waals surface area contributed by atoms with Gasteiger partial charge in [-0.05, 0) is 19.8 Å². The van der Waals surface area contributed by atoms with Gasteiger partial charge in [0.15, 0.2) is 5.16 Å². The van der Waals surface area contributed by atoms with Crippen LogP contribution in [0.3, 0.4) is 0 Å². The summed E-state index contributed by atoms with van der Waals surface area (Å²) in [5, 5.41) is 3.50. The predicted octanol–water partition coefficient (Wildman–Crippen LogP) is 2.90. The van der Waals surface area contributed by atoms with Gasteiger partial charge in [0, 0.05) is 17.8 Å². The molecular weight excluding hydrogens is 298 g/mol. The fourth-order valence-corrected chi connectivity index (χ4v) is 2.86. The first-order chi connectivity index (χ1) is 10.5. The molecule has 0 unspecified atom stereocenters. The van der Waals surface area contributed by atoms with E-state index < -0.39 is 0 Å². The number of amides is 1. The van der Waals surface area contributed by atoms with E-state index in [-0.39, 0.29) is 23.3 Å². The van der Waals surface area contributed by atoms with Gasteiger partial charge in [-0.1, -0.05) is 51.3 Å². The van der Waals surface area contributed by atoms with Crippen LogP contribution in [0.2, 0.25) is 0 Å². The first-order valence-corrected chi connectivity index (χ1v) is 9.06. The van der Waals surface area contributed by atoms with Crippen molar-refractivity contribution < 1.29 is 4.79 Å². The molecule has 0 aliphatic carbocycles. The molecule has 2 N–H and O–H groups in total. The number of aromatic amines is 1. The molecule has 0 saturated carbocycles. The van der Waals surface area contributed by atoms with E-state index in [2.05, 4.69) is 22.2 Å². The van der Waals surface area contributed by atoms with Crippen LogP contribution < -0.4 is 10.9 Å². The van der Waals surface area contributed by atoms with Gasteiger partial charge in [-0.25, -0.2) is 4.98 Å². The Morgan fingerprint density at radius 2 is 2.14 bits per heavy atom. The summed E-state index contributed by atoms with van der Waals surface area (Å²) in [5.41, 5.74) is 0.622. The van der Waals surface area contributed by atoms with Gasteiger partial charge in [0.2, 0.25) is 5.91 Å². The lowest BCUT2D eigenvalue weighted by atomic mass is 10.1. The van der Waals surface area contributed by atoms with Crippen LogP contribution in [0.15, 0.2) is 16.0 Å². The molecular formula is C16H27N3O2S. The Labute approximate surface area is 136 Å². The monoisotopic (exact) mass is 325 g/mol. The summed E-state index contributed by atoms with van der Waals surface area (Å²) in [6.45, 7) is 6.24. The molecule has 124 valence electrons. The zero-order valence-electron chi connectivity index (χ0n) is 13.8. The van der Waals surface area contributed by atoms with Crippen LogP contribution in [0.4, 0.5) is 0 Å². The molecule has 1 aromatic rings. The third kappa shape index (κ3) is 7.64. The molecule has 0 bridgehead atoms. The van der Waals surface area contributed by atoms with Crippen molar-refractivity contribution >= 4 is 17.7 Å². The minimum atomic E-state index is -0.158. The highest BCUT2D eigenvalue weighted by molar-refractivity contribution is 7.99. The largest absolute Gasteiger partial charge is 0.353 e. The third-order valence-electron chi connectivity index (χ3n) is 3.27. The van der Waals surface area contributed by atoms with Gasteiger partial charge in [-0.2, -0.15) is 0 Å². The molecule has 1 rings (SSSR count). The fraction of sp³-hybridized carbons (Fsp3) is 0.688. The van der Waals surface area contributed by atoms with Gasteiger partial charge in [0.25, 0.3) is 5.56 Å². The highest BCUT2D eigenvalue weighted by atomic mass is 32.2. The van der Waals surface area contributed by atoms with Crippen molar-refractivity contribution in [2.75, 3.05) is 5.75 Å². The van der Waals surface area contributed by atoms with Crippen molar-refractivity contribution in [1.82, 2.24) is 15.3 Å². The van der Waals surface area contributed by atoms with Crippen LogP contribution >= 0.6 is 11.8 Å². The molecule has 22 heavy (non-hydrogen) atoms. The van der Waals surface area contributed by atoms with Gasteiger partial charge >= 0.3 is 0 Å². The van der Waals surface area contributed by atoms with Crippen LogP contribution in [-0.2, 0) is 11.2 Å². The number of aryl methyl sites for hydroxylation is 1. The van der Waals surface area contributed by atoms with Crippen molar-refractivity contribution in [3.63, 3.8) is 0 Å². The standard InChI is InChI=1S/C16H27N3O2S/c1-4-6-7-9-12(3)17-15(21)11-22-16-18-13(8-5-2)10-14(20)19-16/h10,12H,4-9,11H2,1-3H3,(H,17,21)(H,18,19,20)/t12-/m1/s1. The van der Waals surface area contributed by atoms with Gasteiger partial charge < -0.3 is 10.3 Å². The van der Waals surface area contributed by atoms with E-state index in [9.17, 15) is 9.59 Å². The Hall–Kier alpha value is -1.30. The van der Waals surface area contributed by atoms with Crippen LogP contribution in [-0.4, -0.2) is 27.7 Å². The van der Waals surface area contributed by atoms with Crippen molar-refractivity contribution in [2.24, 2.45) is 0 Å². The maximum absolute atomic E-state index is 11.9. The molecule has 5 nitrogen and oxygen atoms in total. The van der Waals surface area contributed by atoms with Crippen LogP contribution in [0.5, 0.6) is 0 Å². The lowest BCUT2D eigenvalue weighted by Gasteiger charge is -2.13. The lowest BCUT2D eigenvalue weighted by molar-refractivity contribution is -0.119. The van der Waals surface area contributed by atoms with Crippen molar-refractivity contribution in [2.45, 2.75) is 70.5 Å². The topological polar surface area (TPSA) is 74.8 Å². The number of hydrogen-bond donors (Lipinski definition) is 2. The zero-order chi connectivity index (χ0) is 16.4. The highest BCUT2D eigenvalue weighted by Crippen LogP contribution is 2.12. The molecule has 0 aliphatic heterocycles. The zero-order valence-corrected chi connectivity index (χ0v) is 14.6. The normalized spacial score (nSPS) is 12.1. The van der Waals surface area contributed by atoms with Crippen molar-refractivity contribution in [1.29, 1.82) is 0 Å². The Morgan fingerprint density at radius 3 is 2.82 bits per heavy atom.